The molecule has 2 aromatic rings. The van der Waals surface area contributed by atoms with Crippen LogP contribution < -0.4 is 15.6 Å². The van der Waals surface area contributed by atoms with Gasteiger partial charge in [0.05, 0.1) is 25.9 Å². The van der Waals surface area contributed by atoms with Crippen molar-refractivity contribution in [1.29, 1.82) is 0 Å². The lowest BCUT2D eigenvalue weighted by molar-refractivity contribution is -0.128. The fourth-order valence-electron chi connectivity index (χ4n) is 3.22. The molecule has 0 aliphatic carbocycles. The van der Waals surface area contributed by atoms with Crippen LogP contribution in [0.3, 0.4) is 0 Å². The van der Waals surface area contributed by atoms with Crippen molar-refractivity contribution in [3.8, 4) is 5.75 Å². The van der Waals surface area contributed by atoms with Crippen molar-refractivity contribution in [3.05, 3.63) is 64.1 Å². The van der Waals surface area contributed by atoms with E-state index in [1.54, 1.807) is 24.3 Å². The van der Waals surface area contributed by atoms with Gasteiger partial charge in [-0.1, -0.05) is 34.1 Å². The Morgan fingerprint density at radius 3 is 2.55 bits per heavy atom. The summed E-state index contributed by atoms with van der Waals surface area (Å²) >= 11 is 3.52. The molecular formula is C23H28BrN3O6. The van der Waals surface area contributed by atoms with Gasteiger partial charge in [0, 0.05) is 29.5 Å². The molecule has 33 heavy (non-hydrogen) atoms. The summed E-state index contributed by atoms with van der Waals surface area (Å²) in [5, 5.41) is 27.4. The standard InChI is InChI=1S/C23H28BrN3O6/c24-20-5-2-1-4-17(20)12-23(22(31)27-26-18(13-29)14-30)15-33-21(25-23)16-6-8-19(9-7-16)32-11-3-10-28/h1-2,4-9,18,26,28-30H,3,10-15H2,(H,27,31)/t23-/m0/s1. The summed E-state index contributed by atoms with van der Waals surface area (Å²) in [7, 11) is 0. The van der Waals surface area contributed by atoms with E-state index in [1.165, 1.54) is 0 Å². The molecule has 178 valence electrons. The average molecular weight is 522 g/mol. The Hall–Kier alpha value is -2.50. The molecular weight excluding hydrogens is 494 g/mol. The summed E-state index contributed by atoms with van der Waals surface area (Å²) in [6.45, 7) is -0.179. The molecule has 0 fully saturated rings. The lowest BCUT2D eigenvalue weighted by Gasteiger charge is -2.25. The van der Waals surface area contributed by atoms with Crippen LogP contribution in [0.4, 0.5) is 0 Å². The largest absolute Gasteiger partial charge is 0.494 e. The van der Waals surface area contributed by atoms with Crippen LogP contribution in [-0.2, 0) is 16.0 Å². The minimum atomic E-state index is -1.25. The topological polar surface area (TPSA) is 133 Å². The fourth-order valence-corrected chi connectivity index (χ4v) is 3.64. The van der Waals surface area contributed by atoms with Crippen LogP contribution in [0.2, 0.25) is 0 Å². The molecule has 0 unspecified atom stereocenters. The smallest absolute Gasteiger partial charge is 0.266 e. The van der Waals surface area contributed by atoms with E-state index in [4.69, 9.17) is 14.6 Å². The number of amides is 1. The van der Waals surface area contributed by atoms with Gasteiger partial charge in [-0.15, -0.1) is 0 Å². The van der Waals surface area contributed by atoms with Gasteiger partial charge >= 0.3 is 0 Å². The molecule has 1 atom stereocenters. The number of aliphatic hydroxyl groups is 3. The quantitative estimate of drug-likeness (QED) is 0.207. The average Bonchev–Trinajstić information content (AvgIpc) is 3.27. The molecule has 0 bridgehead atoms. The highest BCUT2D eigenvalue weighted by Crippen LogP contribution is 2.30. The minimum absolute atomic E-state index is 0.0227. The summed E-state index contributed by atoms with van der Waals surface area (Å²) in [5.74, 6) is 0.551. The van der Waals surface area contributed by atoms with Gasteiger partial charge in [0.25, 0.3) is 5.91 Å². The van der Waals surface area contributed by atoms with Crippen LogP contribution in [0.5, 0.6) is 5.75 Å². The second-order valence-corrected chi connectivity index (χ2v) is 8.47. The Kier molecular flexibility index (Phi) is 9.21. The number of hydrogen-bond donors (Lipinski definition) is 5. The highest BCUT2D eigenvalue weighted by molar-refractivity contribution is 9.10. The van der Waals surface area contributed by atoms with E-state index < -0.39 is 17.5 Å². The minimum Gasteiger partial charge on any atom is -0.494 e. The van der Waals surface area contributed by atoms with Crippen molar-refractivity contribution in [2.24, 2.45) is 4.99 Å². The molecule has 0 spiro atoms. The number of ether oxygens (including phenoxy) is 2. The maximum Gasteiger partial charge on any atom is 0.266 e. The molecule has 2 aromatic carbocycles. The predicted molar refractivity (Wildman–Crippen MR) is 126 cm³/mol. The second kappa shape index (κ2) is 12.1. The molecule has 1 aliphatic rings. The van der Waals surface area contributed by atoms with E-state index in [0.717, 1.165) is 10.0 Å². The van der Waals surface area contributed by atoms with Crippen molar-refractivity contribution in [3.63, 3.8) is 0 Å². The number of halogens is 1. The first-order valence-electron chi connectivity index (χ1n) is 10.6. The molecule has 9 nitrogen and oxygen atoms in total. The number of benzene rings is 2. The Bertz CT molecular complexity index is 951. The third-order valence-electron chi connectivity index (χ3n) is 5.13. The first-order chi connectivity index (χ1) is 16.0. The molecule has 1 aliphatic heterocycles. The number of aliphatic imine (C=N–C) groups is 1. The van der Waals surface area contributed by atoms with E-state index in [-0.39, 0.29) is 32.8 Å². The predicted octanol–water partition coefficient (Wildman–Crippen LogP) is 0.943. The summed E-state index contributed by atoms with van der Waals surface area (Å²) < 4.78 is 12.3. The van der Waals surface area contributed by atoms with E-state index in [0.29, 0.717) is 30.2 Å². The van der Waals surface area contributed by atoms with E-state index in [9.17, 15) is 15.0 Å². The second-order valence-electron chi connectivity index (χ2n) is 7.62. The van der Waals surface area contributed by atoms with Crippen molar-refractivity contribution >= 4 is 27.7 Å². The molecule has 1 heterocycles. The van der Waals surface area contributed by atoms with Crippen molar-refractivity contribution < 1.29 is 29.6 Å². The number of hydrogen-bond acceptors (Lipinski definition) is 8. The first-order valence-corrected chi connectivity index (χ1v) is 11.4. The number of hydrazine groups is 1. The third-order valence-corrected chi connectivity index (χ3v) is 5.90. The molecule has 5 N–H and O–H groups in total. The van der Waals surface area contributed by atoms with Gasteiger partial charge < -0.3 is 24.8 Å². The van der Waals surface area contributed by atoms with Crippen LogP contribution in [0.15, 0.2) is 58.0 Å². The lowest BCUT2D eigenvalue weighted by atomic mass is 9.91. The number of aliphatic hydroxyl groups excluding tert-OH is 3. The van der Waals surface area contributed by atoms with Crippen LogP contribution in [0.25, 0.3) is 0 Å². The highest BCUT2D eigenvalue weighted by Gasteiger charge is 2.45. The first kappa shape index (κ1) is 25.1. The van der Waals surface area contributed by atoms with Crippen molar-refractivity contribution in [2.45, 2.75) is 24.4 Å². The molecule has 3 rings (SSSR count). The van der Waals surface area contributed by atoms with E-state index in [2.05, 4.69) is 31.8 Å². The summed E-state index contributed by atoms with van der Waals surface area (Å²) in [6, 6.07) is 14.0. The van der Waals surface area contributed by atoms with Gasteiger partial charge in [-0.3, -0.25) is 10.2 Å². The molecule has 0 radical (unpaired) electrons. The SMILES string of the molecule is O=C(NNC(CO)CO)[C@]1(Cc2ccccc2Br)COC(c2ccc(OCCCO)cc2)=N1. The third kappa shape index (κ3) is 6.52. The summed E-state index contributed by atoms with van der Waals surface area (Å²) in [6.07, 6.45) is 0.822. The molecule has 0 aromatic heterocycles. The monoisotopic (exact) mass is 521 g/mol. The number of nitrogens with one attached hydrogen (secondary N) is 2. The normalized spacial score (nSPS) is 17.5. The number of carbonyl (C=O) groups is 1. The van der Waals surface area contributed by atoms with Crippen LogP contribution in [0, 0.1) is 0 Å². The van der Waals surface area contributed by atoms with Gasteiger partial charge in [-0.2, -0.15) is 0 Å². The summed E-state index contributed by atoms with van der Waals surface area (Å²) in [4.78, 5) is 17.9. The van der Waals surface area contributed by atoms with Crippen LogP contribution in [-0.4, -0.2) is 71.7 Å². The Labute approximate surface area is 200 Å². The Morgan fingerprint density at radius 1 is 1.15 bits per heavy atom. The van der Waals surface area contributed by atoms with Crippen LogP contribution >= 0.6 is 15.9 Å². The van der Waals surface area contributed by atoms with Crippen molar-refractivity contribution in [1.82, 2.24) is 10.9 Å². The number of carbonyl (C=O) groups excluding carboxylic acids is 1. The highest BCUT2D eigenvalue weighted by atomic mass is 79.9. The zero-order valence-electron chi connectivity index (χ0n) is 18.0. The van der Waals surface area contributed by atoms with Crippen molar-refractivity contribution in [2.75, 3.05) is 33.0 Å². The van der Waals surface area contributed by atoms with E-state index in [1.807, 2.05) is 24.3 Å². The maximum absolute atomic E-state index is 13.2. The summed E-state index contributed by atoms with van der Waals surface area (Å²) in [5.41, 5.74) is 5.53. The lowest BCUT2D eigenvalue weighted by Crippen LogP contribution is -2.56. The van der Waals surface area contributed by atoms with E-state index >= 15 is 0 Å². The zero-order valence-corrected chi connectivity index (χ0v) is 19.6. The fraction of sp³-hybridized carbons (Fsp3) is 0.391. The maximum atomic E-state index is 13.2. The van der Waals surface area contributed by atoms with Gasteiger partial charge in [-0.05, 0) is 35.9 Å². The van der Waals surface area contributed by atoms with Gasteiger partial charge in [0.1, 0.15) is 12.4 Å². The number of rotatable bonds is 12. The number of nitrogens with zero attached hydrogens (tertiary/aromatic N) is 1. The molecule has 0 saturated carbocycles. The van der Waals surface area contributed by atoms with Gasteiger partial charge in [0.2, 0.25) is 5.90 Å². The zero-order chi connectivity index (χ0) is 23.7. The van der Waals surface area contributed by atoms with Gasteiger partial charge in [0.15, 0.2) is 5.54 Å². The molecule has 1 amide bonds. The Balaban J connectivity index is 1.83. The molecule has 0 saturated heterocycles. The molecule has 10 heteroatoms. The van der Waals surface area contributed by atoms with Crippen LogP contribution in [0.1, 0.15) is 17.5 Å². The van der Waals surface area contributed by atoms with Gasteiger partial charge in [-0.25, -0.2) is 10.4 Å². The Morgan fingerprint density at radius 2 is 1.88 bits per heavy atom.